The molecule has 1 aliphatic heterocycles. The van der Waals surface area contributed by atoms with Crippen LogP contribution in [0, 0.1) is 0 Å². The quantitative estimate of drug-likeness (QED) is 0.536. The smallest absolute Gasteiger partial charge is 0.0639 e. The van der Waals surface area contributed by atoms with Gasteiger partial charge in [-0.25, -0.2) is 0 Å². The van der Waals surface area contributed by atoms with Gasteiger partial charge in [0.15, 0.2) is 0 Å². The second kappa shape index (κ2) is 3.91. The molecule has 60 valence electrons. The number of rotatable bonds is 2. The Morgan fingerprint density at radius 1 is 1.50 bits per heavy atom. The molecule has 1 heterocycles. The van der Waals surface area contributed by atoms with Crippen LogP contribution >= 0.6 is 0 Å². The highest BCUT2D eigenvalue weighted by Gasteiger charge is 2.10. The summed E-state index contributed by atoms with van der Waals surface area (Å²) in [5.41, 5.74) is 0. The Bertz CT molecular complexity index is 89.6. The van der Waals surface area contributed by atoms with Gasteiger partial charge in [-0.1, -0.05) is 0 Å². The number of piperazine rings is 1. The first-order valence-electron chi connectivity index (χ1n) is 3.90. The van der Waals surface area contributed by atoms with Crippen LogP contribution in [0.15, 0.2) is 0 Å². The lowest BCUT2D eigenvalue weighted by atomic mass is 10.3. The average Bonchev–Trinajstić information content (AvgIpc) is 1.88. The van der Waals surface area contributed by atoms with Gasteiger partial charge in [0.1, 0.15) is 0 Å². The van der Waals surface area contributed by atoms with Crippen LogP contribution in [-0.4, -0.2) is 48.8 Å². The minimum Gasteiger partial charge on any atom is -0.392 e. The van der Waals surface area contributed by atoms with E-state index in [4.69, 9.17) is 5.11 Å². The zero-order valence-electron chi connectivity index (χ0n) is 6.51. The fourth-order valence-electron chi connectivity index (χ4n) is 1.27. The van der Waals surface area contributed by atoms with E-state index in [1.807, 2.05) is 6.92 Å². The van der Waals surface area contributed by atoms with E-state index in [1.54, 1.807) is 0 Å². The van der Waals surface area contributed by atoms with Crippen molar-refractivity contribution in [2.45, 2.75) is 13.0 Å². The third-order valence-corrected chi connectivity index (χ3v) is 1.73. The van der Waals surface area contributed by atoms with Gasteiger partial charge in [-0.15, -0.1) is 0 Å². The Balaban J connectivity index is 2.13. The van der Waals surface area contributed by atoms with Crippen LogP contribution in [0.4, 0.5) is 0 Å². The van der Waals surface area contributed by atoms with E-state index >= 15 is 0 Å². The maximum atomic E-state index is 9.04. The van der Waals surface area contributed by atoms with Crippen molar-refractivity contribution in [3.05, 3.63) is 0 Å². The molecule has 1 rings (SSSR count). The molecule has 2 N–H and O–H groups in total. The van der Waals surface area contributed by atoms with Crippen LogP contribution in [0.1, 0.15) is 6.92 Å². The third-order valence-electron chi connectivity index (χ3n) is 1.73. The Labute approximate surface area is 62.0 Å². The highest BCUT2D eigenvalue weighted by atomic mass is 16.3. The van der Waals surface area contributed by atoms with Crippen molar-refractivity contribution in [2.75, 3.05) is 32.7 Å². The van der Waals surface area contributed by atoms with Crippen molar-refractivity contribution in [1.82, 2.24) is 10.2 Å². The molecule has 0 unspecified atom stereocenters. The van der Waals surface area contributed by atoms with Crippen LogP contribution < -0.4 is 5.32 Å². The minimum atomic E-state index is -0.182. The van der Waals surface area contributed by atoms with Gasteiger partial charge < -0.3 is 10.4 Å². The summed E-state index contributed by atoms with van der Waals surface area (Å²) in [6.45, 7) is 6.93. The van der Waals surface area contributed by atoms with Gasteiger partial charge in [0, 0.05) is 32.7 Å². The van der Waals surface area contributed by atoms with E-state index in [0.717, 1.165) is 32.7 Å². The standard InChI is InChI=1S/C7H16N2O/c1-7(10)6-9-4-2-8-3-5-9/h7-8,10H,2-6H2,1H3/t7-/m0/s1. The summed E-state index contributed by atoms with van der Waals surface area (Å²) in [5, 5.41) is 12.3. The molecule has 10 heavy (non-hydrogen) atoms. The summed E-state index contributed by atoms with van der Waals surface area (Å²) in [4.78, 5) is 2.28. The zero-order chi connectivity index (χ0) is 7.40. The number of nitrogens with zero attached hydrogens (tertiary/aromatic N) is 1. The molecule has 0 aliphatic carbocycles. The first-order chi connectivity index (χ1) is 4.79. The van der Waals surface area contributed by atoms with Crippen LogP contribution in [0.5, 0.6) is 0 Å². The molecule has 0 radical (unpaired) electrons. The number of aliphatic hydroxyl groups excluding tert-OH is 1. The van der Waals surface area contributed by atoms with Gasteiger partial charge in [0.25, 0.3) is 0 Å². The number of aliphatic hydroxyl groups is 1. The molecule has 0 spiro atoms. The first kappa shape index (κ1) is 7.98. The molecule has 0 aromatic carbocycles. The average molecular weight is 144 g/mol. The lowest BCUT2D eigenvalue weighted by molar-refractivity contribution is 0.118. The van der Waals surface area contributed by atoms with E-state index in [0.29, 0.717) is 0 Å². The zero-order valence-corrected chi connectivity index (χ0v) is 6.51. The fraction of sp³-hybridized carbons (Fsp3) is 1.00. The summed E-state index contributed by atoms with van der Waals surface area (Å²) >= 11 is 0. The lowest BCUT2D eigenvalue weighted by Gasteiger charge is -2.27. The summed E-state index contributed by atoms with van der Waals surface area (Å²) in [5.74, 6) is 0. The summed E-state index contributed by atoms with van der Waals surface area (Å²) in [7, 11) is 0. The molecule has 1 atom stereocenters. The molecule has 0 amide bonds. The van der Waals surface area contributed by atoms with Crippen LogP contribution in [-0.2, 0) is 0 Å². The minimum absolute atomic E-state index is 0.182. The lowest BCUT2D eigenvalue weighted by Crippen LogP contribution is -2.45. The van der Waals surface area contributed by atoms with Gasteiger partial charge in [0.2, 0.25) is 0 Å². The topological polar surface area (TPSA) is 35.5 Å². The van der Waals surface area contributed by atoms with Crippen molar-refractivity contribution < 1.29 is 5.11 Å². The van der Waals surface area contributed by atoms with Gasteiger partial charge in [0.05, 0.1) is 6.10 Å². The molecule has 3 heteroatoms. The normalized spacial score (nSPS) is 24.6. The maximum absolute atomic E-state index is 9.04. The highest BCUT2D eigenvalue weighted by Crippen LogP contribution is 1.93. The Kier molecular flexibility index (Phi) is 3.12. The molecule has 3 nitrogen and oxygen atoms in total. The predicted molar refractivity (Wildman–Crippen MR) is 41.0 cm³/mol. The SMILES string of the molecule is C[C@H](O)CN1CCNCC1. The van der Waals surface area contributed by atoms with Crippen LogP contribution in [0.3, 0.4) is 0 Å². The highest BCUT2D eigenvalue weighted by molar-refractivity contribution is 4.68. The van der Waals surface area contributed by atoms with E-state index in [2.05, 4.69) is 10.2 Å². The number of hydrogen-bond donors (Lipinski definition) is 2. The van der Waals surface area contributed by atoms with Gasteiger partial charge in [-0.05, 0) is 6.92 Å². The Morgan fingerprint density at radius 2 is 2.10 bits per heavy atom. The van der Waals surface area contributed by atoms with Crippen molar-refractivity contribution in [1.29, 1.82) is 0 Å². The largest absolute Gasteiger partial charge is 0.392 e. The second-order valence-corrected chi connectivity index (χ2v) is 2.90. The number of hydrogen-bond acceptors (Lipinski definition) is 3. The van der Waals surface area contributed by atoms with Crippen molar-refractivity contribution >= 4 is 0 Å². The second-order valence-electron chi connectivity index (χ2n) is 2.90. The molecule has 1 saturated heterocycles. The number of β-amino-alcohol motifs (C(OH)–C–C–N with tert-alkyl or cyclic N) is 1. The Hall–Kier alpha value is -0.120. The molecule has 1 fully saturated rings. The molecule has 0 bridgehead atoms. The first-order valence-corrected chi connectivity index (χ1v) is 3.90. The van der Waals surface area contributed by atoms with Crippen LogP contribution in [0.25, 0.3) is 0 Å². The Morgan fingerprint density at radius 3 is 2.60 bits per heavy atom. The summed E-state index contributed by atoms with van der Waals surface area (Å²) in [6.07, 6.45) is -0.182. The summed E-state index contributed by atoms with van der Waals surface area (Å²) in [6, 6.07) is 0. The molecule has 0 saturated carbocycles. The third kappa shape index (κ3) is 2.64. The van der Waals surface area contributed by atoms with Gasteiger partial charge in [-0.2, -0.15) is 0 Å². The summed E-state index contributed by atoms with van der Waals surface area (Å²) < 4.78 is 0. The van der Waals surface area contributed by atoms with E-state index in [9.17, 15) is 0 Å². The van der Waals surface area contributed by atoms with Gasteiger partial charge >= 0.3 is 0 Å². The molecule has 1 aliphatic rings. The van der Waals surface area contributed by atoms with Crippen LogP contribution in [0.2, 0.25) is 0 Å². The van der Waals surface area contributed by atoms with E-state index in [-0.39, 0.29) is 6.10 Å². The monoisotopic (exact) mass is 144 g/mol. The molecular weight excluding hydrogens is 128 g/mol. The van der Waals surface area contributed by atoms with Crippen molar-refractivity contribution in [3.63, 3.8) is 0 Å². The molecule has 0 aromatic rings. The molecular formula is C7H16N2O. The van der Waals surface area contributed by atoms with Crippen molar-refractivity contribution in [3.8, 4) is 0 Å². The molecule has 0 aromatic heterocycles. The number of nitrogens with one attached hydrogen (secondary N) is 1. The van der Waals surface area contributed by atoms with E-state index in [1.165, 1.54) is 0 Å². The maximum Gasteiger partial charge on any atom is 0.0639 e. The van der Waals surface area contributed by atoms with Gasteiger partial charge in [-0.3, -0.25) is 4.90 Å². The van der Waals surface area contributed by atoms with Crippen molar-refractivity contribution in [2.24, 2.45) is 0 Å². The van der Waals surface area contributed by atoms with E-state index < -0.39 is 0 Å². The predicted octanol–water partition coefficient (Wildman–Crippen LogP) is -0.728. The fourth-order valence-corrected chi connectivity index (χ4v) is 1.27.